The maximum atomic E-state index is 11.3. The summed E-state index contributed by atoms with van der Waals surface area (Å²) in [5.41, 5.74) is 3.96. The van der Waals surface area contributed by atoms with Crippen LogP contribution in [0, 0.1) is 6.92 Å². The van der Waals surface area contributed by atoms with Crippen LogP contribution in [0.15, 0.2) is 36.4 Å². The van der Waals surface area contributed by atoms with Crippen molar-refractivity contribution in [2.45, 2.75) is 6.92 Å². The summed E-state index contributed by atoms with van der Waals surface area (Å²) < 4.78 is 5.15. The van der Waals surface area contributed by atoms with Gasteiger partial charge in [0.2, 0.25) is 0 Å². The van der Waals surface area contributed by atoms with E-state index in [2.05, 4.69) is 0 Å². The molecule has 0 heterocycles. The summed E-state index contributed by atoms with van der Waals surface area (Å²) in [5.74, 6) is 0. The lowest BCUT2D eigenvalue weighted by Crippen LogP contribution is -2.04. The van der Waals surface area contributed by atoms with Crippen LogP contribution in [0.4, 0.5) is 0 Å². The van der Waals surface area contributed by atoms with Crippen LogP contribution in [0.2, 0.25) is 5.02 Å². The zero-order valence-corrected chi connectivity index (χ0v) is 12.7. The molecule has 0 aliphatic heterocycles. The SMILES string of the molecule is COC(=S)c1ccccc1-c1c(C)cc(Cl)cc1C=O. The van der Waals surface area contributed by atoms with Crippen LogP contribution in [-0.2, 0) is 4.74 Å². The van der Waals surface area contributed by atoms with E-state index in [0.717, 1.165) is 28.5 Å². The Labute approximate surface area is 128 Å². The zero-order chi connectivity index (χ0) is 14.7. The summed E-state index contributed by atoms with van der Waals surface area (Å²) in [6, 6.07) is 11.1. The fourth-order valence-corrected chi connectivity index (χ4v) is 2.68. The van der Waals surface area contributed by atoms with Gasteiger partial charge in [0.25, 0.3) is 0 Å². The Morgan fingerprint density at radius 1 is 1.30 bits per heavy atom. The summed E-state index contributed by atoms with van der Waals surface area (Å²) >= 11 is 11.2. The first kappa shape index (κ1) is 14.7. The first-order chi connectivity index (χ1) is 9.58. The third kappa shape index (κ3) is 2.74. The highest BCUT2D eigenvalue weighted by Gasteiger charge is 2.15. The molecule has 2 nitrogen and oxygen atoms in total. The number of aryl methyl sites for hydroxylation is 1. The minimum atomic E-state index is 0.395. The molecule has 0 N–H and O–H groups in total. The van der Waals surface area contributed by atoms with Crippen molar-refractivity contribution in [2.75, 3.05) is 7.11 Å². The van der Waals surface area contributed by atoms with Crippen LogP contribution in [-0.4, -0.2) is 18.4 Å². The monoisotopic (exact) mass is 304 g/mol. The maximum absolute atomic E-state index is 11.3. The molecule has 0 saturated heterocycles. The predicted octanol–water partition coefficient (Wildman–Crippen LogP) is 4.45. The Morgan fingerprint density at radius 2 is 2.00 bits per heavy atom. The Kier molecular flexibility index (Phi) is 4.53. The fraction of sp³-hybridized carbons (Fsp3) is 0.125. The lowest BCUT2D eigenvalue weighted by molar-refractivity contribution is 0.112. The molecule has 4 heteroatoms. The summed E-state index contributed by atoms with van der Waals surface area (Å²) in [7, 11) is 1.54. The van der Waals surface area contributed by atoms with Crippen LogP contribution in [0.25, 0.3) is 11.1 Å². The minimum absolute atomic E-state index is 0.395. The summed E-state index contributed by atoms with van der Waals surface area (Å²) in [5, 5.41) is 0.937. The number of carbonyl (C=O) groups is 1. The largest absolute Gasteiger partial charge is 0.486 e. The standard InChI is InChI=1S/C16H13ClO2S/c1-10-7-12(17)8-11(9-18)15(10)13-5-3-4-6-14(13)16(20)19-2/h3-9H,1-2H3. The molecule has 0 saturated carbocycles. The molecule has 0 radical (unpaired) electrons. The van der Waals surface area contributed by atoms with Crippen LogP contribution >= 0.6 is 23.8 Å². The molecule has 20 heavy (non-hydrogen) atoms. The summed E-state index contributed by atoms with van der Waals surface area (Å²) in [6.45, 7) is 1.92. The Hall–Kier alpha value is -1.71. The van der Waals surface area contributed by atoms with E-state index in [1.807, 2.05) is 37.3 Å². The average molecular weight is 305 g/mol. The lowest BCUT2D eigenvalue weighted by atomic mass is 9.92. The van der Waals surface area contributed by atoms with Gasteiger partial charge in [0, 0.05) is 16.1 Å². The maximum Gasteiger partial charge on any atom is 0.191 e. The van der Waals surface area contributed by atoms with Crippen molar-refractivity contribution in [1.82, 2.24) is 0 Å². The van der Waals surface area contributed by atoms with Gasteiger partial charge in [-0.05, 0) is 54.0 Å². The second-order valence-electron chi connectivity index (χ2n) is 4.34. The molecule has 0 bridgehead atoms. The Morgan fingerprint density at radius 3 is 2.65 bits per heavy atom. The number of benzene rings is 2. The molecule has 102 valence electrons. The molecular formula is C16H13ClO2S. The number of methoxy groups -OCH3 is 1. The summed E-state index contributed by atoms with van der Waals surface area (Å²) in [4.78, 5) is 11.3. The van der Waals surface area contributed by atoms with Gasteiger partial charge in [-0.3, -0.25) is 4.79 Å². The average Bonchev–Trinajstić information content (AvgIpc) is 2.45. The predicted molar refractivity (Wildman–Crippen MR) is 85.7 cm³/mol. The molecule has 0 unspecified atom stereocenters. The molecule has 2 aromatic rings. The van der Waals surface area contributed by atoms with Crippen LogP contribution < -0.4 is 0 Å². The number of thiocarbonyl (C=S) groups is 1. The number of ether oxygens (including phenoxy) is 1. The smallest absolute Gasteiger partial charge is 0.191 e. The minimum Gasteiger partial charge on any atom is -0.486 e. The van der Waals surface area contributed by atoms with E-state index in [1.54, 1.807) is 6.07 Å². The van der Waals surface area contributed by atoms with Gasteiger partial charge in [-0.1, -0.05) is 29.8 Å². The van der Waals surface area contributed by atoms with Gasteiger partial charge in [-0.15, -0.1) is 0 Å². The molecule has 0 aromatic heterocycles. The molecule has 0 atom stereocenters. The second-order valence-corrected chi connectivity index (χ2v) is 5.15. The van der Waals surface area contributed by atoms with Crippen molar-refractivity contribution < 1.29 is 9.53 Å². The second kappa shape index (κ2) is 6.16. The van der Waals surface area contributed by atoms with Gasteiger partial charge in [0.05, 0.1) is 7.11 Å². The van der Waals surface area contributed by atoms with Gasteiger partial charge >= 0.3 is 0 Å². The first-order valence-corrected chi connectivity index (χ1v) is 6.80. The van der Waals surface area contributed by atoms with Gasteiger partial charge < -0.3 is 4.74 Å². The van der Waals surface area contributed by atoms with Crippen molar-refractivity contribution in [3.05, 3.63) is 58.1 Å². The number of hydrogen-bond acceptors (Lipinski definition) is 3. The number of aldehydes is 1. The number of rotatable bonds is 3. The highest BCUT2D eigenvalue weighted by Crippen LogP contribution is 2.32. The van der Waals surface area contributed by atoms with Crippen molar-refractivity contribution in [2.24, 2.45) is 0 Å². The highest BCUT2D eigenvalue weighted by molar-refractivity contribution is 7.80. The number of halogens is 1. The Balaban J connectivity index is 2.75. The van der Waals surface area contributed by atoms with Gasteiger partial charge in [-0.2, -0.15) is 0 Å². The topological polar surface area (TPSA) is 26.3 Å². The van der Waals surface area contributed by atoms with Crippen LogP contribution in [0.3, 0.4) is 0 Å². The van der Waals surface area contributed by atoms with Crippen LogP contribution in [0.5, 0.6) is 0 Å². The van der Waals surface area contributed by atoms with Crippen molar-refractivity contribution in [1.29, 1.82) is 0 Å². The Bertz CT molecular complexity index is 680. The molecule has 0 amide bonds. The quantitative estimate of drug-likeness (QED) is 0.619. The zero-order valence-electron chi connectivity index (χ0n) is 11.1. The number of carbonyl (C=O) groups excluding carboxylic acids is 1. The normalized spacial score (nSPS) is 10.2. The lowest BCUT2D eigenvalue weighted by Gasteiger charge is -2.14. The first-order valence-electron chi connectivity index (χ1n) is 6.01. The van der Waals surface area contributed by atoms with Gasteiger partial charge in [-0.25, -0.2) is 0 Å². The van der Waals surface area contributed by atoms with E-state index in [4.69, 9.17) is 28.6 Å². The third-order valence-electron chi connectivity index (χ3n) is 3.06. The van der Waals surface area contributed by atoms with Gasteiger partial charge in [0.1, 0.15) is 0 Å². The van der Waals surface area contributed by atoms with E-state index >= 15 is 0 Å². The molecule has 2 rings (SSSR count). The van der Waals surface area contributed by atoms with Gasteiger partial charge in [0.15, 0.2) is 11.3 Å². The molecule has 0 aliphatic carbocycles. The van der Waals surface area contributed by atoms with Crippen molar-refractivity contribution >= 4 is 35.2 Å². The van der Waals surface area contributed by atoms with E-state index < -0.39 is 0 Å². The highest BCUT2D eigenvalue weighted by atomic mass is 35.5. The number of hydrogen-bond donors (Lipinski definition) is 0. The molecular weight excluding hydrogens is 292 g/mol. The van der Waals surface area contributed by atoms with E-state index in [0.29, 0.717) is 15.6 Å². The van der Waals surface area contributed by atoms with Crippen molar-refractivity contribution in [3.8, 4) is 11.1 Å². The molecule has 0 aliphatic rings. The van der Waals surface area contributed by atoms with E-state index in [-0.39, 0.29) is 0 Å². The fourth-order valence-electron chi connectivity index (χ4n) is 2.22. The van der Waals surface area contributed by atoms with E-state index in [1.165, 1.54) is 7.11 Å². The molecule has 0 spiro atoms. The van der Waals surface area contributed by atoms with E-state index in [9.17, 15) is 4.79 Å². The van der Waals surface area contributed by atoms with Crippen LogP contribution in [0.1, 0.15) is 21.5 Å². The van der Waals surface area contributed by atoms with Crippen molar-refractivity contribution in [3.63, 3.8) is 0 Å². The summed E-state index contributed by atoms with van der Waals surface area (Å²) in [6.07, 6.45) is 0.806. The third-order valence-corrected chi connectivity index (χ3v) is 3.66. The molecule has 2 aromatic carbocycles. The molecule has 0 fully saturated rings.